The second-order valence-electron chi connectivity index (χ2n) is 4.84. The molecule has 18 heavy (non-hydrogen) atoms. The molecule has 1 aliphatic rings. The predicted octanol–water partition coefficient (Wildman–Crippen LogP) is 5.55. The van der Waals surface area contributed by atoms with E-state index in [0.29, 0.717) is 5.41 Å². The Morgan fingerprint density at radius 1 is 1.17 bits per heavy atom. The molecule has 0 aromatic rings. The summed E-state index contributed by atoms with van der Waals surface area (Å²) in [5.41, 5.74) is 0.423. The molecule has 0 nitrogen and oxygen atoms in total. The third kappa shape index (κ3) is 30.6. The van der Waals surface area contributed by atoms with Gasteiger partial charge < -0.3 is 6.42 Å². The van der Waals surface area contributed by atoms with E-state index in [0.717, 1.165) is 6.42 Å². The Labute approximate surface area is 153 Å². The van der Waals surface area contributed by atoms with Gasteiger partial charge in [0.25, 0.3) is 0 Å². The Kier molecular flexibility index (Phi) is 33.0. The van der Waals surface area contributed by atoms with Gasteiger partial charge in [0.1, 0.15) is 0 Å². The van der Waals surface area contributed by atoms with Gasteiger partial charge in [-0.05, 0) is 13.3 Å². The van der Waals surface area contributed by atoms with Gasteiger partial charge in [-0.25, -0.2) is 12.2 Å². The van der Waals surface area contributed by atoms with Crippen LogP contribution in [0.4, 0.5) is 0 Å². The van der Waals surface area contributed by atoms with Gasteiger partial charge in [-0.1, -0.05) is 20.8 Å². The van der Waals surface area contributed by atoms with Crippen LogP contribution in [0.2, 0.25) is 0 Å². The molecular formula is C13H26Cl3HfP-2. The number of hydrogen-bond donors (Lipinski definition) is 0. The van der Waals surface area contributed by atoms with Crippen LogP contribution in [0.15, 0.2) is 18.2 Å². The van der Waals surface area contributed by atoms with Crippen molar-refractivity contribution in [2.75, 3.05) is 19.5 Å². The molecule has 0 unspecified atom stereocenters. The van der Waals surface area contributed by atoms with E-state index in [1.165, 1.54) is 6.16 Å². The largest absolute Gasteiger partial charge is 0.319 e. The molecule has 0 saturated carbocycles. The Balaban J connectivity index is -0.0000000552. The monoisotopic (exact) mass is 498 g/mol. The fourth-order valence-electron chi connectivity index (χ4n) is 0.797. The summed E-state index contributed by atoms with van der Waals surface area (Å²) in [5, 5.41) is 0. The summed E-state index contributed by atoms with van der Waals surface area (Å²) in [6, 6.07) is 0. The van der Waals surface area contributed by atoms with E-state index in [-0.39, 0.29) is 71.0 Å². The topological polar surface area (TPSA) is 0 Å². The summed E-state index contributed by atoms with van der Waals surface area (Å²) in [6.07, 6.45) is 13.7. The van der Waals surface area contributed by atoms with E-state index in [1.807, 2.05) is 12.2 Å². The normalized spacial score (nSPS) is 11.2. The second kappa shape index (κ2) is 18.7. The van der Waals surface area contributed by atoms with E-state index in [9.17, 15) is 0 Å². The number of hydrogen-bond acceptors (Lipinski definition) is 0. The van der Waals surface area contributed by atoms with Crippen LogP contribution in [0, 0.1) is 17.9 Å². The Morgan fingerprint density at radius 3 is 1.78 bits per heavy atom. The van der Waals surface area contributed by atoms with Crippen LogP contribution < -0.4 is 0 Å². The van der Waals surface area contributed by atoms with Crippen molar-refractivity contribution in [2.24, 2.45) is 5.41 Å². The molecule has 110 valence electrons. The summed E-state index contributed by atoms with van der Waals surface area (Å²) in [5.74, 6) is 0. The zero-order chi connectivity index (χ0) is 11.0. The summed E-state index contributed by atoms with van der Waals surface area (Å²) >= 11 is 0. The van der Waals surface area contributed by atoms with Gasteiger partial charge in [0.2, 0.25) is 0 Å². The molecule has 0 aromatic heterocycles. The van der Waals surface area contributed by atoms with Crippen LogP contribution >= 0.6 is 45.1 Å². The number of allylic oxidation sites excluding steroid dienone is 4. The molecule has 0 aromatic carbocycles. The van der Waals surface area contributed by atoms with Crippen molar-refractivity contribution in [3.63, 3.8) is 0 Å². The summed E-state index contributed by atoms with van der Waals surface area (Å²) in [4.78, 5) is 0. The first kappa shape index (κ1) is 31.8. The number of rotatable bonds is 2. The van der Waals surface area contributed by atoms with Crippen LogP contribution in [-0.4, -0.2) is 19.5 Å². The smallest absolute Gasteiger partial charge is 0 e. The minimum absolute atomic E-state index is 0. The van der Waals surface area contributed by atoms with Gasteiger partial charge in [-0.15, -0.1) is 51.6 Å². The predicted molar refractivity (Wildman–Crippen MR) is 90.7 cm³/mol. The van der Waals surface area contributed by atoms with Crippen molar-refractivity contribution in [3.8, 4) is 0 Å². The van der Waals surface area contributed by atoms with Gasteiger partial charge in [-0.2, -0.15) is 17.7 Å². The van der Waals surface area contributed by atoms with Crippen molar-refractivity contribution in [2.45, 2.75) is 27.2 Å². The molecule has 1 rings (SSSR count). The van der Waals surface area contributed by atoms with Crippen molar-refractivity contribution in [1.82, 2.24) is 0 Å². The Bertz CT molecular complexity index is 189. The zero-order valence-electron chi connectivity index (χ0n) is 11.9. The maximum absolute atomic E-state index is 2.99. The minimum Gasteiger partial charge on any atom is -0.319 e. The van der Waals surface area contributed by atoms with E-state index < -0.39 is 0 Å². The quantitative estimate of drug-likeness (QED) is 0.266. The first-order valence-electron chi connectivity index (χ1n) is 5.12. The van der Waals surface area contributed by atoms with E-state index in [4.69, 9.17) is 0 Å². The van der Waals surface area contributed by atoms with Gasteiger partial charge in [0, 0.05) is 25.8 Å². The van der Waals surface area contributed by atoms with Gasteiger partial charge in [-0.3, -0.25) is 6.08 Å². The summed E-state index contributed by atoms with van der Waals surface area (Å²) in [6.45, 7) is 11.4. The summed E-state index contributed by atoms with van der Waals surface area (Å²) in [7, 11) is 0.280. The maximum Gasteiger partial charge on any atom is 0 e. The molecule has 0 bridgehead atoms. The standard InChI is InChI=1S/C8H18P.C5H5.3ClH.Hf/c1-8(2,3)6-7-9(4)5;1-2-4-5-3-1;;;;/h6H,7H2,1-5H3;1-3H,4H2;3*1H;/q2*-1;;;;. The minimum atomic E-state index is 0. The second-order valence-corrected chi connectivity index (χ2v) is 7.36. The molecule has 0 spiro atoms. The molecule has 0 aliphatic heterocycles. The molecule has 0 amide bonds. The average molecular weight is 498 g/mol. The summed E-state index contributed by atoms with van der Waals surface area (Å²) < 4.78 is 0. The molecule has 0 N–H and O–H groups in total. The molecule has 0 atom stereocenters. The van der Waals surface area contributed by atoms with E-state index in [2.05, 4.69) is 52.7 Å². The third-order valence-corrected chi connectivity index (χ3v) is 2.57. The van der Waals surface area contributed by atoms with Crippen LogP contribution in [-0.2, 0) is 25.8 Å². The molecule has 0 saturated heterocycles. The van der Waals surface area contributed by atoms with Crippen LogP contribution in [0.3, 0.4) is 0 Å². The van der Waals surface area contributed by atoms with Gasteiger partial charge >= 0.3 is 0 Å². The molecule has 0 fully saturated rings. The molecular weight excluding hydrogens is 472 g/mol. The van der Waals surface area contributed by atoms with Gasteiger partial charge in [0.05, 0.1) is 0 Å². The van der Waals surface area contributed by atoms with E-state index in [1.54, 1.807) is 0 Å². The molecule has 0 heterocycles. The molecule has 1 aliphatic carbocycles. The maximum atomic E-state index is 2.99. The Hall–Kier alpha value is 1.65. The first-order chi connectivity index (χ1) is 6.42. The van der Waals surface area contributed by atoms with Crippen molar-refractivity contribution >= 4 is 45.1 Å². The third-order valence-electron chi connectivity index (χ3n) is 1.65. The SMILES string of the molecule is CP(C)C[CH-]C(C)(C)C.Cl.Cl.Cl.[C-]1=CC=CC1.[Hf]. The van der Waals surface area contributed by atoms with Crippen LogP contribution in [0.25, 0.3) is 0 Å². The zero-order valence-corrected chi connectivity index (χ0v) is 18.8. The van der Waals surface area contributed by atoms with E-state index >= 15 is 0 Å². The van der Waals surface area contributed by atoms with Crippen LogP contribution in [0.5, 0.6) is 0 Å². The molecule has 5 heteroatoms. The van der Waals surface area contributed by atoms with Crippen LogP contribution in [0.1, 0.15) is 27.2 Å². The number of halogens is 3. The van der Waals surface area contributed by atoms with Crippen molar-refractivity contribution in [3.05, 3.63) is 30.7 Å². The first-order valence-corrected chi connectivity index (χ1v) is 7.55. The van der Waals surface area contributed by atoms with Crippen molar-refractivity contribution < 1.29 is 25.8 Å². The Morgan fingerprint density at radius 2 is 1.67 bits per heavy atom. The average Bonchev–Trinajstić information content (AvgIpc) is 2.56. The fraction of sp³-hybridized carbons (Fsp3) is 0.615. The van der Waals surface area contributed by atoms with Gasteiger partial charge in [0.15, 0.2) is 0 Å². The van der Waals surface area contributed by atoms with Crippen molar-refractivity contribution in [1.29, 1.82) is 0 Å². The molecule has 0 radical (unpaired) electrons. The fourth-order valence-corrected chi connectivity index (χ4v) is 1.71.